The minimum absolute atomic E-state index is 0.0592. The Balaban J connectivity index is 1.08. The molecular weight excluding hydrogens is 522 g/mol. The van der Waals surface area contributed by atoms with Crippen LogP contribution in [0.2, 0.25) is 0 Å². The van der Waals surface area contributed by atoms with Gasteiger partial charge in [-0.2, -0.15) is 0 Å². The van der Waals surface area contributed by atoms with Crippen molar-refractivity contribution in [2.45, 2.75) is 63.1 Å². The number of nitrogens with zero attached hydrogens (tertiary/aromatic N) is 4. The molecule has 4 aliphatic rings. The Kier molecular flexibility index (Phi) is 8.17. The number of hydrogen-bond donors (Lipinski definition) is 3. The molecule has 3 N–H and O–H groups in total. The molecule has 1 aliphatic carbocycles. The lowest BCUT2D eigenvalue weighted by Gasteiger charge is -2.47. The molecule has 4 fully saturated rings. The Bertz CT molecular complexity index is 1140. The first-order valence-electron chi connectivity index (χ1n) is 14.8. The van der Waals surface area contributed by atoms with Crippen LogP contribution in [0.25, 0.3) is 0 Å². The number of piperazine rings is 1. The first-order valence-corrected chi connectivity index (χ1v) is 14.8. The van der Waals surface area contributed by atoms with Gasteiger partial charge >= 0.3 is 0 Å². The largest absolute Gasteiger partial charge is 0.508 e. The van der Waals surface area contributed by atoms with Crippen molar-refractivity contribution >= 4 is 17.5 Å². The van der Waals surface area contributed by atoms with Crippen molar-refractivity contribution in [1.29, 1.82) is 0 Å². The Morgan fingerprint density at radius 3 is 2.54 bits per heavy atom. The molecule has 0 bridgehead atoms. The Hall–Kier alpha value is -2.63. The molecule has 1 saturated carbocycles. The molecule has 10 heteroatoms. The summed E-state index contributed by atoms with van der Waals surface area (Å²) in [7, 11) is 0. The summed E-state index contributed by atoms with van der Waals surface area (Å²) in [6.07, 6.45) is 4.46. The number of benzene rings is 1. The van der Waals surface area contributed by atoms with E-state index in [0.29, 0.717) is 44.2 Å². The number of ether oxygens (including phenoxy) is 1. The summed E-state index contributed by atoms with van der Waals surface area (Å²) >= 11 is 0. The van der Waals surface area contributed by atoms with Gasteiger partial charge in [-0.1, -0.05) is 6.08 Å². The predicted molar refractivity (Wildman–Crippen MR) is 157 cm³/mol. The Morgan fingerprint density at radius 1 is 1.15 bits per heavy atom. The number of carbonyl (C=O) groups is 2. The zero-order chi connectivity index (χ0) is 29.6. The van der Waals surface area contributed by atoms with E-state index >= 15 is 0 Å². The van der Waals surface area contributed by atoms with E-state index in [2.05, 4.69) is 28.6 Å². The zero-order valence-corrected chi connectivity index (χ0v) is 24.7. The number of anilines is 1. The van der Waals surface area contributed by atoms with Gasteiger partial charge in [0.25, 0.3) is 0 Å². The van der Waals surface area contributed by atoms with Gasteiger partial charge < -0.3 is 20.3 Å². The third-order valence-electron chi connectivity index (χ3n) is 9.56. The number of hydrogen-bond acceptors (Lipinski definition) is 8. The number of phenols is 1. The number of phenolic OH excluding ortho intramolecular Hbond substituents is 1. The monoisotopic (exact) mass is 568 g/mol. The highest BCUT2D eigenvalue weighted by molar-refractivity contribution is 5.93. The molecule has 5 rings (SSSR count). The van der Waals surface area contributed by atoms with Crippen molar-refractivity contribution in [3.05, 3.63) is 43.8 Å². The zero-order valence-electron chi connectivity index (χ0n) is 24.7. The number of amides is 2. The van der Waals surface area contributed by atoms with Crippen LogP contribution in [0.4, 0.5) is 5.69 Å². The van der Waals surface area contributed by atoms with Gasteiger partial charge in [-0.3, -0.25) is 29.2 Å². The molecule has 0 radical (unpaired) electrons. The van der Waals surface area contributed by atoms with Crippen LogP contribution in [0.5, 0.6) is 5.75 Å². The summed E-state index contributed by atoms with van der Waals surface area (Å²) in [4.78, 5) is 34.5. The molecule has 0 aromatic heterocycles. The number of piperidine rings is 1. The number of aromatic hydroxyl groups is 1. The molecule has 0 spiro atoms. The van der Waals surface area contributed by atoms with E-state index in [4.69, 9.17) is 4.74 Å². The normalized spacial score (nSPS) is 30.8. The van der Waals surface area contributed by atoms with Gasteiger partial charge in [0.2, 0.25) is 17.7 Å². The summed E-state index contributed by atoms with van der Waals surface area (Å²) < 4.78 is 5.98. The maximum atomic E-state index is 13.3. The number of aliphatic hydroxyl groups is 1. The van der Waals surface area contributed by atoms with E-state index in [0.717, 1.165) is 39.0 Å². The summed E-state index contributed by atoms with van der Waals surface area (Å²) in [5.41, 5.74) is 0.152. The van der Waals surface area contributed by atoms with Gasteiger partial charge in [0.05, 0.1) is 31.5 Å². The van der Waals surface area contributed by atoms with Gasteiger partial charge in [0.15, 0.2) is 6.04 Å². The van der Waals surface area contributed by atoms with E-state index in [1.807, 2.05) is 23.6 Å². The smallest absolute Gasteiger partial charge is 0.240 e. The lowest BCUT2D eigenvalue weighted by atomic mass is 9.99. The average molecular weight is 569 g/mol. The van der Waals surface area contributed by atoms with Gasteiger partial charge in [0.1, 0.15) is 5.75 Å². The number of fused-ring (bicyclic) bond motifs is 1. The van der Waals surface area contributed by atoms with Crippen LogP contribution >= 0.6 is 0 Å². The first kappa shape index (κ1) is 29.8. The van der Waals surface area contributed by atoms with Crippen molar-refractivity contribution < 1.29 is 24.5 Å². The van der Waals surface area contributed by atoms with Crippen molar-refractivity contribution in [3.8, 4) is 5.75 Å². The molecular formula is C31H46N5O5+. The van der Waals surface area contributed by atoms with E-state index in [9.17, 15) is 19.8 Å². The highest BCUT2D eigenvalue weighted by Gasteiger charge is 2.62. The molecule has 10 nitrogen and oxygen atoms in total. The summed E-state index contributed by atoms with van der Waals surface area (Å²) in [5, 5.41) is 23.4. The number of likely N-dealkylation sites (tertiary alicyclic amines) is 2. The van der Waals surface area contributed by atoms with Crippen molar-refractivity contribution in [2.24, 2.45) is 11.8 Å². The molecule has 5 unspecified atom stereocenters. The number of rotatable bonds is 9. The fraction of sp³-hybridized carbons (Fsp3) is 0.645. The molecule has 3 aliphatic heterocycles. The van der Waals surface area contributed by atoms with Crippen LogP contribution in [-0.2, 0) is 14.3 Å². The van der Waals surface area contributed by atoms with Gasteiger partial charge in [-0.05, 0) is 69.8 Å². The average Bonchev–Trinajstić information content (AvgIpc) is 3.49. The lowest BCUT2D eigenvalue weighted by molar-refractivity contribution is -0.316. The Labute approximate surface area is 243 Å². The van der Waals surface area contributed by atoms with Crippen molar-refractivity contribution in [2.75, 3.05) is 57.7 Å². The second-order valence-electron chi connectivity index (χ2n) is 13.0. The minimum Gasteiger partial charge on any atom is -0.508 e. The predicted octanol–water partition coefficient (Wildman–Crippen LogP) is 2.11. The second kappa shape index (κ2) is 11.2. The quantitative estimate of drug-likeness (QED) is 0.180. The number of carbonyl (C=O) groups excluding carboxylic acids is 2. The highest BCUT2D eigenvalue weighted by atomic mass is 16.7. The molecule has 1 aromatic rings. The topological polar surface area (TPSA) is 109 Å². The third-order valence-corrected chi connectivity index (χ3v) is 9.56. The van der Waals surface area contributed by atoms with E-state index in [1.165, 1.54) is 0 Å². The van der Waals surface area contributed by atoms with Crippen LogP contribution in [0.15, 0.2) is 36.9 Å². The summed E-state index contributed by atoms with van der Waals surface area (Å²) in [6.45, 7) is 19.0. The van der Waals surface area contributed by atoms with Crippen LogP contribution in [-0.4, -0.2) is 117 Å². The van der Waals surface area contributed by atoms with Crippen molar-refractivity contribution in [3.63, 3.8) is 0 Å². The fourth-order valence-corrected chi connectivity index (χ4v) is 6.97. The molecule has 3 heterocycles. The van der Waals surface area contributed by atoms with Gasteiger partial charge in [-0.15, -0.1) is 6.58 Å². The van der Waals surface area contributed by atoms with Gasteiger partial charge in [-0.25, -0.2) is 0 Å². The van der Waals surface area contributed by atoms with E-state index in [-0.39, 0.29) is 35.1 Å². The van der Waals surface area contributed by atoms with E-state index in [1.54, 1.807) is 37.3 Å². The van der Waals surface area contributed by atoms with Gasteiger partial charge in [0, 0.05) is 50.9 Å². The van der Waals surface area contributed by atoms with E-state index < -0.39 is 11.5 Å². The molecule has 1 aromatic carbocycles. The van der Waals surface area contributed by atoms with Crippen LogP contribution in [0.3, 0.4) is 0 Å². The first-order chi connectivity index (χ1) is 19.3. The van der Waals surface area contributed by atoms with Crippen molar-refractivity contribution in [1.82, 2.24) is 19.6 Å². The maximum Gasteiger partial charge on any atom is 0.240 e. The lowest BCUT2D eigenvalue weighted by Crippen LogP contribution is -2.62. The minimum atomic E-state index is -1.35. The standard InChI is InChI=1S/C31H45N5O5/c1-6-29(3,4)41-30(5,40)34-14-12-31(17-24(31)20-34)35-15-16-36(22(2)18-35)27(38)21-33-13-11-23(19-33)28(39)32-25-7-9-26(37)10-8-25/h6-10,22-24,40H,1-2,11-21H2,3-5H3,(H-,32,37,39)/p+1. The van der Waals surface area contributed by atoms with Crippen LogP contribution in [0.1, 0.15) is 40.0 Å². The summed E-state index contributed by atoms with van der Waals surface area (Å²) in [6, 6.07) is 6.31. The van der Waals surface area contributed by atoms with Crippen LogP contribution in [0, 0.1) is 18.8 Å². The van der Waals surface area contributed by atoms with Crippen LogP contribution < -0.4 is 5.32 Å². The number of nitrogens with one attached hydrogen (secondary N) is 1. The highest BCUT2D eigenvalue weighted by Crippen LogP contribution is 2.55. The fourth-order valence-electron chi connectivity index (χ4n) is 6.97. The summed E-state index contributed by atoms with van der Waals surface area (Å²) in [5.74, 6) is -0.897. The molecule has 5 atom stereocenters. The molecule has 3 saturated heterocycles. The molecule has 41 heavy (non-hydrogen) atoms. The SMILES string of the molecule is C=CC(C)(C)OC(C)(O)N1CCC2(N3CCN(C(=O)CN4CCC(C(=O)Nc5ccc(O)cc5)C4)C([CH2+])C3)CC2C1. The maximum absolute atomic E-state index is 13.3. The third kappa shape index (κ3) is 6.41. The molecule has 2 amide bonds. The molecule has 224 valence electrons. The Morgan fingerprint density at radius 2 is 1.88 bits per heavy atom. The second-order valence-corrected chi connectivity index (χ2v) is 13.0.